The van der Waals surface area contributed by atoms with Gasteiger partial charge in [-0.15, -0.1) is 0 Å². The van der Waals surface area contributed by atoms with Gasteiger partial charge in [-0.25, -0.2) is 9.07 Å². The Kier molecular flexibility index (Phi) is 5.48. The van der Waals surface area contributed by atoms with Gasteiger partial charge in [-0.1, -0.05) is 19.8 Å². The maximum atomic E-state index is 13.1. The maximum absolute atomic E-state index is 13.1. The van der Waals surface area contributed by atoms with E-state index in [4.69, 9.17) is 0 Å². The summed E-state index contributed by atoms with van der Waals surface area (Å²) >= 11 is 0. The minimum atomic E-state index is -0.302. The Hall–Kier alpha value is -2.21. The molecule has 2 aromatic rings. The molecule has 6 heteroatoms. The third-order valence-corrected chi connectivity index (χ3v) is 4.81. The summed E-state index contributed by atoms with van der Waals surface area (Å²) in [5, 5.41) is 10.7. The third-order valence-electron chi connectivity index (χ3n) is 4.81. The van der Waals surface area contributed by atoms with Crippen LogP contribution in [0, 0.1) is 18.7 Å². The number of benzene rings is 1. The average molecular weight is 344 g/mol. The second-order valence-corrected chi connectivity index (χ2v) is 6.86. The van der Waals surface area contributed by atoms with E-state index in [1.165, 1.54) is 31.4 Å². The van der Waals surface area contributed by atoms with E-state index in [-0.39, 0.29) is 18.3 Å². The Balaban J connectivity index is 1.64. The zero-order chi connectivity index (χ0) is 17.8. The molecular formula is C19H25FN4O. The number of hydrogen-bond acceptors (Lipinski definition) is 3. The van der Waals surface area contributed by atoms with Crippen LogP contribution < -0.4 is 10.6 Å². The number of aryl methyl sites for hydroxylation is 1. The molecule has 2 unspecified atom stereocenters. The van der Waals surface area contributed by atoms with E-state index in [2.05, 4.69) is 22.7 Å². The molecule has 25 heavy (non-hydrogen) atoms. The molecule has 1 fully saturated rings. The number of nitrogens with one attached hydrogen (secondary N) is 2. The zero-order valence-electron chi connectivity index (χ0n) is 14.8. The van der Waals surface area contributed by atoms with E-state index in [1.54, 1.807) is 16.8 Å². The van der Waals surface area contributed by atoms with Crippen molar-refractivity contribution in [2.45, 2.75) is 45.6 Å². The van der Waals surface area contributed by atoms with Gasteiger partial charge in [-0.2, -0.15) is 5.10 Å². The van der Waals surface area contributed by atoms with Crippen LogP contribution in [0.4, 0.5) is 10.2 Å². The predicted octanol–water partition coefficient (Wildman–Crippen LogP) is 3.43. The second kappa shape index (κ2) is 7.78. The van der Waals surface area contributed by atoms with Crippen LogP contribution >= 0.6 is 0 Å². The van der Waals surface area contributed by atoms with Gasteiger partial charge in [0.15, 0.2) is 0 Å². The van der Waals surface area contributed by atoms with Gasteiger partial charge in [0.1, 0.15) is 11.6 Å². The first-order valence-electron chi connectivity index (χ1n) is 8.89. The van der Waals surface area contributed by atoms with Crippen LogP contribution in [0.1, 0.15) is 38.3 Å². The molecule has 0 saturated heterocycles. The van der Waals surface area contributed by atoms with Gasteiger partial charge in [-0.05, 0) is 49.9 Å². The molecule has 1 aromatic carbocycles. The van der Waals surface area contributed by atoms with E-state index >= 15 is 0 Å². The van der Waals surface area contributed by atoms with Crippen molar-refractivity contribution in [3.05, 3.63) is 41.8 Å². The van der Waals surface area contributed by atoms with Crippen molar-refractivity contribution in [1.82, 2.24) is 15.1 Å². The normalized spacial score (nSPS) is 20.4. The smallest absolute Gasteiger partial charge is 0.239 e. The lowest BCUT2D eigenvalue weighted by molar-refractivity contribution is -0.115. The van der Waals surface area contributed by atoms with Crippen molar-refractivity contribution in [2.75, 3.05) is 11.9 Å². The summed E-state index contributed by atoms with van der Waals surface area (Å²) in [6.45, 7) is 4.38. The number of carbonyl (C=O) groups excluding carboxylic acids is 1. The molecule has 1 saturated carbocycles. The molecule has 134 valence electrons. The number of rotatable bonds is 5. The van der Waals surface area contributed by atoms with Crippen LogP contribution in [0.15, 0.2) is 30.3 Å². The largest absolute Gasteiger partial charge is 0.309 e. The lowest BCUT2D eigenvalue weighted by Crippen LogP contribution is -2.41. The summed E-state index contributed by atoms with van der Waals surface area (Å²) in [5.74, 6) is 0.797. The van der Waals surface area contributed by atoms with Crippen LogP contribution in [0.3, 0.4) is 0 Å². The number of aromatic nitrogens is 2. The minimum Gasteiger partial charge on any atom is -0.309 e. The van der Waals surface area contributed by atoms with Gasteiger partial charge in [0.2, 0.25) is 5.91 Å². The molecule has 0 spiro atoms. The van der Waals surface area contributed by atoms with Crippen molar-refractivity contribution in [2.24, 2.45) is 5.92 Å². The summed E-state index contributed by atoms with van der Waals surface area (Å²) < 4.78 is 14.7. The van der Waals surface area contributed by atoms with Gasteiger partial charge in [0, 0.05) is 12.1 Å². The lowest BCUT2D eigenvalue weighted by Gasteiger charge is -2.29. The van der Waals surface area contributed by atoms with Crippen molar-refractivity contribution < 1.29 is 9.18 Å². The van der Waals surface area contributed by atoms with Crippen molar-refractivity contribution >= 4 is 11.7 Å². The van der Waals surface area contributed by atoms with E-state index < -0.39 is 0 Å². The van der Waals surface area contributed by atoms with E-state index in [0.29, 0.717) is 23.5 Å². The Labute approximate surface area is 147 Å². The standard InChI is InChI=1S/C19H25FN4O/c1-13-5-3-4-6-17(13)21-12-19(25)22-18-11-14(2)23-24(18)16-9-7-15(20)8-10-16/h7-11,13,17,21H,3-6,12H2,1-2H3,(H,22,25). The Morgan fingerprint density at radius 3 is 2.72 bits per heavy atom. The number of carbonyl (C=O) groups is 1. The Bertz CT molecular complexity index is 726. The lowest BCUT2D eigenvalue weighted by atomic mass is 9.86. The molecule has 2 N–H and O–H groups in total. The highest BCUT2D eigenvalue weighted by Crippen LogP contribution is 2.23. The quantitative estimate of drug-likeness (QED) is 0.874. The Morgan fingerprint density at radius 2 is 2.00 bits per heavy atom. The number of hydrogen-bond donors (Lipinski definition) is 2. The fourth-order valence-corrected chi connectivity index (χ4v) is 3.40. The van der Waals surface area contributed by atoms with Gasteiger partial charge in [0.05, 0.1) is 17.9 Å². The first-order valence-corrected chi connectivity index (χ1v) is 8.89. The van der Waals surface area contributed by atoms with Crippen LogP contribution in [0.5, 0.6) is 0 Å². The Morgan fingerprint density at radius 1 is 1.28 bits per heavy atom. The monoisotopic (exact) mass is 344 g/mol. The molecule has 0 bridgehead atoms. The van der Waals surface area contributed by atoms with E-state index in [9.17, 15) is 9.18 Å². The van der Waals surface area contributed by atoms with Crippen LogP contribution in [0.2, 0.25) is 0 Å². The SMILES string of the molecule is Cc1cc(NC(=O)CNC2CCCCC2C)n(-c2ccc(F)cc2)n1. The number of anilines is 1. The molecule has 0 aliphatic heterocycles. The van der Waals surface area contributed by atoms with Gasteiger partial charge >= 0.3 is 0 Å². The van der Waals surface area contributed by atoms with Crippen molar-refractivity contribution in [3.63, 3.8) is 0 Å². The van der Waals surface area contributed by atoms with Crippen LogP contribution in [-0.2, 0) is 4.79 Å². The maximum Gasteiger partial charge on any atom is 0.239 e. The molecule has 1 amide bonds. The number of nitrogens with zero attached hydrogens (tertiary/aromatic N) is 2. The molecule has 1 aliphatic rings. The predicted molar refractivity (Wildman–Crippen MR) is 96.3 cm³/mol. The highest BCUT2D eigenvalue weighted by Gasteiger charge is 2.21. The summed E-state index contributed by atoms with van der Waals surface area (Å²) in [6, 6.07) is 8.25. The summed E-state index contributed by atoms with van der Waals surface area (Å²) in [4.78, 5) is 12.3. The van der Waals surface area contributed by atoms with E-state index in [1.807, 2.05) is 13.0 Å². The zero-order valence-corrected chi connectivity index (χ0v) is 14.8. The molecular weight excluding hydrogens is 319 g/mol. The van der Waals surface area contributed by atoms with Crippen LogP contribution in [0.25, 0.3) is 5.69 Å². The van der Waals surface area contributed by atoms with Crippen molar-refractivity contribution in [1.29, 1.82) is 0 Å². The summed E-state index contributed by atoms with van der Waals surface area (Å²) in [7, 11) is 0. The highest BCUT2D eigenvalue weighted by atomic mass is 19.1. The average Bonchev–Trinajstić information content (AvgIpc) is 2.95. The first kappa shape index (κ1) is 17.6. The first-order chi connectivity index (χ1) is 12.0. The van der Waals surface area contributed by atoms with Gasteiger partial charge in [0.25, 0.3) is 0 Å². The summed E-state index contributed by atoms with van der Waals surface area (Å²) in [5.41, 5.74) is 1.49. The summed E-state index contributed by atoms with van der Waals surface area (Å²) in [6.07, 6.45) is 4.85. The fraction of sp³-hybridized carbons (Fsp3) is 0.474. The number of amides is 1. The molecule has 1 heterocycles. The van der Waals surface area contributed by atoms with E-state index in [0.717, 1.165) is 12.1 Å². The highest BCUT2D eigenvalue weighted by molar-refractivity contribution is 5.91. The molecule has 2 atom stereocenters. The van der Waals surface area contributed by atoms with Crippen molar-refractivity contribution in [3.8, 4) is 5.69 Å². The fourth-order valence-electron chi connectivity index (χ4n) is 3.40. The molecule has 5 nitrogen and oxygen atoms in total. The van der Waals surface area contributed by atoms with Gasteiger partial charge in [-0.3, -0.25) is 4.79 Å². The topological polar surface area (TPSA) is 59.0 Å². The number of halogens is 1. The molecule has 0 radical (unpaired) electrons. The third kappa shape index (κ3) is 4.45. The van der Waals surface area contributed by atoms with Crippen LogP contribution in [-0.4, -0.2) is 28.3 Å². The molecule has 1 aliphatic carbocycles. The van der Waals surface area contributed by atoms with Gasteiger partial charge < -0.3 is 10.6 Å². The minimum absolute atomic E-state index is 0.0963. The molecule has 3 rings (SSSR count). The second-order valence-electron chi connectivity index (χ2n) is 6.86. The molecule has 1 aromatic heterocycles.